The molecule has 0 saturated heterocycles. The van der Waals surface area contributed by atoms with Crippen LogP contribution in [0.1, 0.15) is 5.69 Å². The van der Waals surface area contributed by atoms with E-state index < -0.39 is 0 Å². The summed E-state index contributed by atoms with van der Waals surface area (Å²) in [4.78, 5) is 4.04. The molecule has 54 valence electrons. The van der Waals surface area contributed by atoms with Crippen molar-refractivity contribution in [2.45, 2.75) is 6.92 Å². The summed E-state index contributed by atoms with van der Waals surface area (Å²) in [6.45, 7) is 1.89. The van der Waals surface area contributed by atoms with Crippen molar-refractivity contribution in [1.29, 1.82) is 0 Å². The maximum Gasteiger partial charge on any atom is 0.143 e. The molecule has 0 atom stereocenters. The largest absolute Gasteiger partial charge is 0.239 e. The van der Waals surface area contributed by atoms with Crippen LogP contribution in [-0.4, -0.2) is 4.98 Å². The van der Waals surface area contributed by atoms with Crippen LogP contribution in [0.4, 0.5) is 0 Å². The first kappa shape index (κ1) is 8.50. The molecule has 0 bridgehead atoms. The Morgan fingerprint density at radius 2 is 2.00 bits per heavy atom. The zero-order valence-electron chi connectivity index (χ0n) is 5.16. The van der Waals surface area contributed by atoms with Crippen LogP contribution in [0.25, 0.3) is 0 Å². The molecule has 0 aromatic carbocycles. The lowest BCUT2D eigenvalue weighted by atomic mass is 10.4. The van der Waals surface area contributed by atoms with Crippen LogP contribution >= 0.6 is 43.5 Å². The van der Waals surface area contributed by atoms with Crippen molar-refractivity contribution in [1.82, 2.24) is 4.98 Å². The molecule has 4 heteroatoms. The Hall–Kier alpha value is 0.400. The number of nitrogens with zero attached hydrogens (tertiary/aromatic N) is 1. The maximum absolute atomic E-state index is 5.71. The van der Waals surface area contributed by atoms with Crippen LogP contribution in [0.3, 0.4) is 0 Å². The fourth-order valence-electron chi connectivity index (χ4n) is 0.529. The Kier molecular flexibility index (Phi) is 2.72. The third-order valence-electron chi connectivity index (χ3n) is 1.06. The second-order valence-electron chi connectivity index (χ2n) is 1.83. The summed E-state index contributed by atoms with van der Waals surface area (Å²) in [6.07, 6.45) is 0. The summed E-state index contributed by atoms with van der Waals surface area (Å²) in [7, 11) is 0. The van der Waals surface area contributed by atoms with Gasteiger partial charge >= 0.3 is 0 Å². The molecule has 0 unspecified atom stereocenters. The number of rotatable bonds is 0. The van der Waals surface area contributed by atoms with E-state index in [9.17, 15) is 0 Å². The van der Waals surface area contributed by atoms with E-state index in [1.54, 1.807) is 0 Å². The monoisotopic (exact) mass is 283 g/mol. The fourth-order valence-corrected chi connectivity index (χ4v) is 1.65. The Bertz CT molecular complexity index is 212. The van der Waals surface area contributed by atoms with Gasteiger partial charge in [-0.05, 0) is 44.8 Å². The molecule has 0 N–H and O–H groups in total. The number of pyridine rings is 1. The van der Waals surface area contributed by atoms with Crippen molar-refractivity contribution in [2.75, 3.05) is 0 Å². The quantitative estimate of drug-likeness (QED) is 0.664. The Balaban J connectivity index is 3.28. The number of halogens is 3. The highest BCUT2D eigenvalue weighted by atomic mass is 79.9. The van der Waals surface area contributed by atoms with Gasteiger partial charge in [0.1, 0.15) is 5.15 Å². The molecule has 0 aliphatic rings. The van der Waals surface area contributed by atoms with Crippen LogP contribution in [0.2, 0.25) is 5.15 Å². The smallest absolute Gasteiger partial charge is 0.143 e. The highest BCUT2D eigenvalue weighted by molar-refractivity contribution is 9.11. The van der Waals surface area contributed by atoms with Crippen molar-refractivity contribution in [3.05, 3.63) is 25.9 Å². The Labute approximate surface area is 81.1 Å². The number of hydrogen-bond donors (Lipinski definition) is 0. The third kappa shape index (κ3) is 1.71. The predicted octanol–water partition coefficient (Wildman–Crippen LogP) is 3.57. The summed E-state index contributed by atoms with van der Waals surface area (Å²) in [5.41, 5.74) is 0.896. The van der Waals surface area contributed by atoms with E-state index in [2.05, 4.69) is 36.8 Å². The molecule has 0 radical (unpaired) electrons. The SMILES string of the molecule is Cc1nc(Cl)c(Br)cc1Br. The van der Waals surface area contributed by atoms with Crippen LogP contribution in [0.15, 0.2) is 15.0 Å². The molecule has 10 heavy (non-hydrogen) atoms. The van der Waals surface area contributed by atoms with Gasteiger partial charge in [-0.3, -0.25) is 0 Å². The van der Waals surface area contributed by atoms with Gasteiger partial charge < -0.3 is 0 Å². The first-order valence-corrected chi connectivity index (χ1v) is 4.56. The normalized spacial score (nSPS) is 10.0. The summed E-state index contributed by atoms with van der Waals surface area (Å²) >= 11 is 12.3. The first-order chi connectivity index (χ1) is 4.61. The summed E-state index contributed by atoms with van der Waals surface area (Å²) in [5, 5.41) is 0.501. The molecular weight excluding hydrogens is 281 g/mol. The van der Waals surface area contributed by atoms with Gasteiger partial charge in [0.15, 0.2) is 0 Å². The molecule has 1 heterocycles. The van der Waals surface area contributed by atoms with E-state index in [0.29, 0.717) is 5.15 Å². The minimum atomic E-state index is 0.501. The molecule has 0 spiro atoms. The third-order valence-corrected chi connectivity index (χ3v) is 2.99. The summed E-state index contributed by atoms with van der Waals surface area (Å²) in [6, 6.07) is 1.88. The molecule has 0 amide bonds. The van der Waals surface area contributed by atoms with Gasteiger partial charge in [-0.2, -0.15) is 0 Å². The summed E-state index contributed by atoms with van der Waals surface area (Å²) < 4.78 is 1.77. The van der Waals surface area contributed by atoms with Crippen molar-refractivity contribution in [2.24, 2.45) is 0 Å². The fraction of sp³-hybridized carbons (Fsp3) is 0.167. The molecule has 0 fully saturated rings. The minimum Gasteiger partial charge on any atom is -0.239 e. The molecule has 0 aliphatic heterocycles. The zero-order chi connectivity index (χ0) is 7.72. The van der Waals surface area contributed by atoms with Gasteiger partial charge in [0.25, 0.3) is 0 Å². The van der Waals surface area contributed by atoms with Gasteiger partial charge in [0.05, 0.1) is 10.2 Å². The Morgan fingerprint density at radius 3 is 2.50 bits per heavy atom. The lowest BCUT2D eigenvalue weighted by Gasteiger charge is -1.98. The van der Waals surface area contributed by atoms with Gasteiger partial charge in [-0.25, -0.2) is 4.98 Å². The zero-order valence-corrected chi connectivity index (χ0v) is 9.09. The molecular formula is C6H4Br2ClN. The standard InChI is InChI=1S/C6H4Br2ClN/c1-3-4(7)2-5(8)6(9)10-3/h2H,1H3. The van der Waals surface area contributed by atoms with Crippen molar-refractivity contribution >= 4 is 43.5 Å². The topological polar surface area (TPSA) is 12.9 Å². The van der Waals surface area contributed by atoms with Crippen molar-refractivity contribution in [3.8, 4) is 0 Å². The molecule has 0 aliphatic carbocycles. The Morgan fingerprint density at radius 1 is 1.40 bits per heavy atom. The second-order valence-corrected chi connectivity index (χ2v) is 3.89. The summed E-state index contributed by atoms with van der Waals surface area (Å²) in [5.74, 6) is 0. The molecule has 0 saturated carbocycles. The molecule has 1 aromatic heterocycles. The van der Waals surface area contributed by atoms with Crippen LogP contribution in [0, 0.1) is 6.92 Å². The predicted molar refractivity (Wildman–Crippen MR) is 49.4 cm³/mol. The average Bonchev–Trinajstić information content (AvgIpc) is 1.84. The first-order valence-electron chi connectivity index (χ1n) is 2.59. The van der Waals surface area contributed by atoms with E-state index in [1.807, 2.05) is 13.0 Å². The molecule has 1 nitrogen and oxygen atoms in total. The number of hydrogen-bond acceptors (Lipinski definition) is 1. The van der Waals surface area contributed by atoms with E-state index >= 15 is 0 Å². The van der Waals surface area contributed by atoms with E-state index in [-0.39, 0.29) is 0 Å². The average molecular weight is 285 g/mol. The van der Waals surface area contributed by atoms with Crippen LogP contribution in [-0.2, 0) is 0 Å². The van der Waals surface area contributed by atoms with E-state index in [1.165, 1.54) is 0 Å². The number of aryl methyl sites for hydroxylation is 1. The van der Waals surface area contributed by atoms with Gasteiger partial charge in [-0.1, -0.05) is 11.6 Å². The van der Waals surface area contributed by atoms with Gasteiger partial charge in [-0.15, -0.1) is 0 Å². The van der Waals surface area contributed by atoms with E-state index in [4.69, 9.17) is 11.6 Å². The molecule has 1 rings (SSSR count). The second kappa shape index (κ2) is 3.20. The van der Waals surface area contributed by atoms with Crippen molar-refractivity contribution in [3.63, 3.8) is 0 Å². The van der Waals surface area contributed by atoms with Gasteiger partial charge in [0, 0.05) is 4.47 Å². The van der Waals surface area contributed by atoms with Crippen LogP contribution in [0.5, 0.6) is 0 Å². The lowest BCUT2D eigenvalue weighted by Crippen LogP contribution is -1.83. The van der Waals surface area contributed by atoms with E-state index in [0.717, 1.165) is 14.6 Å². The lowest BCUT2D eigenvalue weighted by molar-refractivity contribution is 1.17. The van der Waals surface area contributed by atoms with Gasteiger partial charge in [0.2, 0.25) is 0 Å². The highest BCUT2D eigenvalue weighted by Gasteiger charge is 2.01. The maximum atomic E-state index is 5.71. The number of aromatic nitrogens is 1. The minimum absolute atomic E-state index is 0.501. The highest BCUT2D eigenvalue weighted by Crippen LogP contribution is 2.25. The van der Waals surface area contributed by atoms with Crippen molar-refractivity contribution < 1.29 is 0 Å². The van der Waals surface area contributed by atoms with Crippen LogP contribution < -0.4 is 0 Å². The molecule has 1 aromatic rings.